The Bertz CT molecular complexity index is 573. The van der Waals surface area contributed by atoms with Crippen molar-refractivity contribution < 1.29 is 8.78 Å². The molecule has 1 nitrogen and oxygen atoms in total. The fraction of sp³-hybridized carbons (Fsp3) is 0.167. The van der Waals surface area contributed by atoms with Crippen molar-refractivity contribution in [1.29, 1.82) is 0 Å². The summed E-state index contributed by atoms with van der Waals surface area (Å²) in [6.07, 6.45) is 0. The van der Waals surface area contributed by atoms with Gasteiger partial charge in [0.05, 0.1) is 15.5 Å². The van der Waals surface area contributed by atoms with Gasteiger partial charge in [0, 0.05) is 10.4 Å². The van der Waals surface area contributed by atoms with Gasteiger partial charge in [0.2, 0.25) is 0 Å². The lowest BCUT2D eigenvalue weighted by Gasteiger charge is -2.18. The fourth-order valence-corrected chi connectivity index (χ4v) is 3.35. The van der Waals surface area contributed by atoms with Gasteiger partial charge >= 0.3 is 0 Å². The maximum Gasteiger partial charge on any atom is 0.145 e. The highest BCUT2D eigenvalue weighted by molar-refractivity contribution is 9.10. The zero-order chi connectivity index (χ0) is 13.3. The first-order valence-electron chi connectivity index (χ1n) is 5.09. The second-order valence-corrected chi connectivity index (χ2v) is 5.82. The van der Waals surface area contributed by atoms with Gasteiger partial charge < -0.3 is 5.32 Å². The van der Waals surface area contributed by atoms with E-state index >= 15 is 0 Å². The van der Waals surface area contributed by atoms with Crippen LogP contribution in [0.1, 0.15) is 16.5 Å². The summed E-state index contributed by atoms with van der Waals surface area (Å²) in [5.74, 6) is -1.21. The molecule has 18 heavy (non-hydrogen) atoms. The monoisotopic (exact) mass is 351 g/mol. The molecule has 6 heteroatoms. The van der Waals surface area contributed by atoms with Crippen molar-refractivity contribution in [3.63, 3.8) is 0 Å². The second-order valence-electron chi connectivity index (χ2n) is 3.61. The minimum absolute atomic E-state index is 0.0313. The summed E-state index contributed by atoms with van der Waals surface area (Å²) in [4.78, 5) is 0.690. The lowest BCUT2D eigenvalue weighted by Crippen LogP contribution is -2.20. The van der Waals surface area contributed by atoms with E-state index in [1.807, 2.05) is 0 Å². The van der Waals surface area contributed by atoms with Crippen LogP contribution in [0, 0.1) is 11.6 Å². The molecule has 0 saturated heterocycles. The third kappa shape index (κ3) is 2.45. The summed E-state index contributed by atoms with van der Waals surface area (Å²) in [6.45, 7) is 0. The van der Waals surface area contributed by atoms with Crippen LogP contribution in [-0.4, -0.2) is 7.05 Å². The van der Waals surface area contributed by atoms with Gasteiger partial charge in [-0.05, 0) is 46.6 Å². The molecule has 1 heterocycles. The first-order chi connectivity index (χ1) is 8.56. The van der Waals surface area contributed by atoms with E-state index in [0.29, 0.717) is 9.90 Å². The summed E-state index contributed by atoms with van der Waals surface area (Å²) in [5, 5.41) is 5.18. The van der Waals surface area contributed by atoms with E-state index in [4.69, 9.17) is 11.6 Å². The topological polar surface area (TPSA) is 12.0 Å². The molecule has 0 aliphatic rings. The van der Waals surface area contributed by atoms with Crippen LogP contribution in [-0.2, 0) is 0 Å². The zero-order valence-corrected chi connectivity index (χ0v) is 12.5. The number of hydrogen-bond donors (Lipinski definition) is 1. The van der Waals surface area contributed by atoms with Gasteiger partial charge in [0.15, 0.2) is 0 Å². The van der Waals surface area contributed by atoms with E-state index in [1.54, 1.807) is 18.5 Å². The number of hydrogen-bond acceptors (Lipinski definition) is 2. The molecule has 1 aromatic carbocycles. The summed E-state index contributed by atoms with van der Waals surface area (Å²) < 4.78 is 28.1. The lowest BCUT2D eigenvalue weighted by atomic mass is 10.0. The van der Waals surface area contributed by atoms with Crippen LogP contribution in [0.3, 0.4) is 0 Å². The number of halogens is 4. The van der Waals surface area contributed by atoms with Gasteiger partial charge in [0.1, 0.15) is 11.6 Å². The molecule has 1 N–H and O–H groups in total. The maximum absolute atomic E-state index is 14.1. The van der Waals surface area contributed by atoms with Crippen molar-refractivity contribution in [2.45, 2.75) is 6.04 Å². The van der Waals surface area contributed by atoms with E-state index in [-0.39, 0.29) is 10.0 Å². The smallest absolute Gasteiger partial charge is 0.145 e. The Labute approximate surface area is 121 Å². The Balaban J connectivity index is 2.59. The van der Waals surface area contributed by atoms with Gasteiger partial charge in [-0.3, -0.25) is 0 Å². The summed E-state index contributed by atoms with van der Waals surface area (Å²) in [7, 11) is 1.64. The van der Waals surface area contributed by atoms with Crippen molar-refractivity contribution >= 4 is 38.9 Å². The van der Waals surface area contributed by atoms with Crippen molar-refractivity contribution in [3.8, 4) is 0 Å². The van der Waals surface area contributed by atoms with Crippen molar-refractivity contribution in [2.75, 3.05) is 7.05 Å². The van der Waals surface area contributed by atoms with Crippen LogP contribution in [0.5, 0.6) is 0 Å². The normalized spacial score (nSPS) is 12.7. The molecule has 0 aliphatic heterocycles. The molecule has 96 valence electrons. The summed E-state index contributed by atoms with van der Waals surface area (Å²) >= 11 is 10.4. The SMILES string of the molecule is CNC(c1sccc1Cl)c1c(F)ccc(Br)c1F. The third-order valence-corrected chi connectivity index (χ3v) is 4.60. The Morgan fingerprint density at radius 2 is 2.06 bits per heavy atom. The molecular weight excluding hydrogens is 344 g/mol. The Morgan fingerprint density at radius 3 is 2.61 bits per heavy atom. The Hall–Kier alpha value is -0.490. The van der Waals surface area contributed by atoms with Crippen LogP contribution in [0.4, 0.5) is 8.78 Å². The predicted octanol–water partition coefficient (Wildman–Crippen LogP) is 4.75. The Morgan fingerprint density at radius 1 is 1.33 bits per heavy atom. The molecule has 1 aromatic heterocycles. The van der Waals surface area contributed by atoms with E-state index in [1.165, 1.54) is 23.5 Å². The van der Waals surface area contributed by atoms with Crippen LogP contribution in [0.15, 0.2) is 28.1 Å². The van der Waals surface area contributed by atoms with Gasteiger partial charge in [-0.1, -0.05) is 11.6 Å². The molecule has 1 unspecified atom stereocenters. The maximum atomic E-state index is 14.1. The molecule has 2 rings (SSSR count). The molecule has 0 fully saturated rings. The van der Waals surface area contributed by atoms with E-state index in [2.05, 4.69) is 21.2 Å². The molecule has 1 atom stereocenters. The van der Waals surface area contributed by atoms with Crippen molar-refractivity contribution in [1.82, 2.24) is 5.32 Å². The van der Waals surface area contributed by atoms with Gasteiger partial charge in [-0.25, -0.2) is 8.78 Å². The zero-order valence-electron chi connectivity index (χ0n) is 9.31. The minimum atomic E-state index is -0.612. The van der Waals surface area contributed by atoms with E-state index in [0.717, 1.165) is 0 Å². The molecule has 0 spiro atoms. The summed E-state index contributed by atoms with van der Waals surface area (Å²) in [5.41, 5.74) is -0.0313. The van der Waals surface area contributed by atoms with Crippen molar-refractivity contribution in [3.05, 3.63) is 55.1 Å². The lowest BCUT2D eigenvalue weighted by molar-refractivity contribution is 0.521. The number of benzene rings is 1. The van der Waals surface area contributed by atoms with Gasteiger partial charge in [-0.2, -0.15) is 0 Å². The molecule has 0 saturated carbocycles. The number of rotatable bonds is 3. The second kappa shape index (κ2) is 5.65. The average molecular weight is 353 g/mol. The molecule has 0 aliphatic carbocycles. The number of thiophene rings is 1. The highest BCUT2D eigenvalue weighted by Gasteiger charge is 2.24. The average Bonchev–Trinajstić information content (AvgIpc) is 2.76. The van der Waals surface area contributed by atoms with Crippen LogP contribution in [0.2, 0.25) is 5.02 Å². The fourth-order valence-electron chi connectivity index (χ4n) is 1.73. The largest absolute Gasteiger partial charge is 0.308 e. The van der Waals surface area contributed by atoms with Crippen LogP contribution < -0.4 is 5.32 Å². The first kappa shape index (κ1) is 13.9. The van der Waals surface area contributed by atoms with E-state index < -0.39 is 17.7 Å². The highest BCUT2D eigenvalue weighted by Crippen LogP contribution is 2.36. The van der Waals surface area contributed by atoms with E-state index in [9.17, 15) is 8.78 Å². The molecule has 0 bridgehead atoms. The quantitative estimate of drug-likeness (QED) is 0.786. The standard InChI is InChI=1S/C12H9BrClF2NS/c1-17-11(12-7(14)4-5-18-12)9-8(15)3-2-6(13)10(9)16/h2-5,11,17H,1H3. The van der Waals surface area contributed by atoms with Gasteiger partial charge in [-0.15, -0.1) is 11.3 Å². The molecule has 2 aromatic rings. The molecular formula is C12H9BrClF2NS. The summed E-state index contributed by atoms with van der Waals surface area (Å²) in [6, 6.07) is 3.68. The highest BCUT2D eigenvalue weighted by atomic mass is 79.9. The molecule has 0 amide bonds. The predicted molar refractivity (Wildman–Crippen MR) is 74.3 cm³/mol. The molecule has 0 radical (unpaired) electrons. The van der Waals surface area contributed by atoms with Crippen LogP contribution >= 0.6 is 38.9 Å². The Kier molecular flexibility index (Phi) is 4.37. The van der Waals surface area contributed by atoms with Gasteiger partial charge in [0.25, 0.3) is 0 Å². The minimum Gasteiger partial charge on any atom is -0.308 e. The van der Waals surface area contributed by atoms with Crippen LogP contribution in [0.25, 0.3) is 0 Å². The van der Waals surface area contributed by atoms with Crippen molar-refractivity contribution in [2.24, 2.45) is 0 Å². The third-order valence-electron chi connectivity index (χ3n) is 2.56. The first-order valence-corrected chi connectivity index (χ1v) is 7.15. The number of nitrogens with one attached hydrogen (secondary N) is 1.